The Kier molecular flexibility index (Phi) is 6.06. The molecule has 0 radical (unpaired) electrons. The third kappa shape index (κ3) is 4.81. The van der Waals surface area contributed by atoms with Gasteiger partial charge in [-0.2, -0.15) is 4.99 Å². The van der Waals surface area contributed by atoms with E-state index in [4.69, 9.17) is 4.42 Å². The van der Waals surface area contributed by atoms with Crippen LogP contribution in [0.15, 0.2) is 51.9 Å². The Morgan fingerprint density at radius 2 is 1.82 bits per heavy atom. The highest BCUT2D eigenvalue weighted by Crippen LogP contribution is 2.29. The number of fused-ring (bicyclic) bond motifs is 1. The first-order chi connectivity index (χ1) is 16.4. The van der Waals surface area contributed by atoms with Crippen molar-refractivity contribution in [1.29, 1.82) is 0 Å². The summed E-state index contributed by atoms with van der Waals surface area (Å²) in [6, 6.07) is 11.8. The van der Waals surface area contributed by atoms with Gasteiger partial charge < -0.3 is 20.0 Å². The number of nitrogens with zero attached hydrogens (tertiary/aromatic N) is 3. The summed E-state index contributed by atoms with van der Waals surface area (Å²) in [4.78, 5) is 47.8. The number of likely N-dealkylation sites (tertiary alicyclic amines) is 1. The van der Waals surface area contributed by atoms with Crippen molar-refractivity contribution in [2.45, 2.75) is 31.4 Å². The minimum absolute atomic E-state index is 0.0522. The van der Waals surface area contributed by atoms with E-state index in [9.17, 15) is 14.4 Å². The smallest absolute Gasteiger partial charge is 0.262 e. The zero-order chi connectivity index (χ0) is 23.7. The first-order valence-corrected chi connectivity index (χ1v) is 12.0. The molecule has 2 aromatic carbocycles. The van der Waals surface area contributed by atoms with Gasteiger partial charge in [0.05, 0.1) is 0 Å². The van der Waals surface area contributed by atoms with Gasteiger partial charge in [0, 0.05) is 43.4 Å². The predicted molar refractivity (Wildman–Crippen MR) is 131 cm³/mol. The van der Waals surface area contributed by atoms with Crippen LogP contribution in [0.1, 0.15) is 35.5 Å². The topological polar surface area (TPSA) is 117 Å². The third-order valence-corrected chi connectivity index (χ3v) is 6.87. The molecule has 1 fully saturated rings. The van der Waals surface area contributed by atoms with Crippen LogP contribution in [-0.4, -0.2) is 51.1 Å². The minimum atomic E-state index is -0.494. The molecule has 2 aliphatic rings. The van der Waals surface area contributed by atoms with Gasteiger partial charge in [0.25, 0.3) is 11.8 Å². The number of aromatic nitrogens is 1. The molecule has 2 aliphatic heterocycles. The van der Waals surface area contributed by atoms with Crippen molar-refractivity contribution < 1.29 is 18.8 Å². The normalized spacial score (nSPS) is 17.8. The summed E-state index contributed by atoms with van der Waals surface area (Å²) < 4.78 is 5.45. The van der Waals surface area contributed by atoms with Crippen LogP contribution >= 0.6 is 11.8 Å². The number of aliphatic imine (C=N–C) groups is 1. The van der Waals surface area contributed by atoms with Crippen LogP contribution in [0.5, 0.6) is 0 Å². The largest absolute Gasteiger partial charge is 0.441 e. The molecule has 0 saturated carbocycles. The van der Waals surface area contributed by atoms with Crippen LogP contribution < -0.4 is 10.6 Å². The zero-order valence-corrected chi connectivity index (χ0v) is 19.4. The highest BCUT2D eigenvalue weighted by Gasteiger charge is 2.33. The van der Waals surface area contributed by atoms with Crippen molar-refractivity contribution in [2.75, 3.05) is 23.7 Å². The van der Waals surface area contributed by atoms with Crippen LogP contribution in [-0.2, 0) is 9.59 Å². The number of amides is 3. The second-order valence-electron chi connectivity index (χ2n) is 8.23. The number of carbonyl (C=O) groups is 3. The number of hydrogen-bond acceptors (Lipinski definition) is 7. The van der Waals surface area contributed by atoms with Gasteiger partial charge in [-0.3, -0.25) is 14.4 Å². The number of hydrogen-bond donors (Lipinski definition) is 2. The molecule has 10 heteroatoms. The molecule has 1 atom stereocenters. The van der Waals surface area contributed by atoms with Gasteiger partial charge in [-0.1, -0.05) is 11.8 Å². The number of aryl methyl sites for hydroxylation is 1. The Balaban J connectivity index is 1.15. The fourth-order valence-electron chi connectivity index (χ4n) is 3.96. The Bertz CT molecular complexity index is 1290. The highest BCUT2D eigenvalue weighted by molar-refractivity contribution is 8.15. The van der Waals surface area contributed by atoms with Crippen LogP contribution in [0.25, 0.3) is 11.1 Å². The molecule has 3 aromatic rings. The van der Waals surface area contributed by atoms with E-state index in [1.54, 1.807) is 49.4 Å². The number of amidine groups is 1. The van der Waals surface area contributed by atoms with Gasteiger partial charge in [-0.15, -0.1) is 0 Å². The lowest BCUT2D eigenvalue weighted by Crippen LogP contribution is -2.25. The quantitative estimate of drug-likeness (QED) is 0.574. The van der Waals surface area contributed by atoms with Crippen LogP contribution in [0.3, 0.4) is 0 Å². The first kappa shape index (κ1) is 22.1. The number of oxazole rings is 1. The standard InChI is InChI=1S/C24H23N5O4S/c1-14-25-18-12-17(8-9-19(18)33-14)27-22(31)15-4-6-16(7-5-15)26-21(30)13-20-23(32)28-24(34-20)29-10-2-3-11-29/h4-9,12,20H,2-3,10-11,13H2,1H3,(H,26,30)(H,27,31)/t20-/m1/s1. The predicted octanol–water partition coefficient (Wildman–Crippen LogP) is 3.81. The summed E-state index contributed by atoms with van der Waals surface area (Å²) in [5.74, 6) is -0.242. The fraction of sp³-hybridized carbons (Fsp3) is 0.292. The summed E-state index contributed by atoms with van der Waals surface area (Å²) in [7, 11) is 0. The van der Waals surface area contributed by atoms with Crippen molar-refractivity contribution in [3.05, 3.63) is 53.9 Å². The van der Waals surface area contributed by atoms with E-state index < -0.39 is 5.25 Å². The molecule has 1 aromatic heterocycles. The monoisotopic (exact) mass is 477 g/mol. The fourth-order valence-corrected chi connectivity index (χ4v) is 5.08. The lowest BCUT2D eigenvalue weighted by molar-refractivity contribution is -0.121. The summed E-state index contributed by atoms with van der Waals surface area (Å²) in [5.41, 5.74) is 2.94. The molecular weight excluding hydrogens is 454 g/mol. The highest BCUT2D eigenvalue weighted by atomic mass is 32.2. The first-order valence-electron chi connectivity index (χ1n) is 11.1. The Morgan fingerprint density at radius 3 is 2.59 bits per heavy atom. The number of benzene rings is 2. The van der Waals surface area contributed by atoms with Crippen molar-refractivity contribution >= 4 is 57.1 Å². The maximum absolute atomic E-state index is 12.6. The van der Waals surface area contributed by atoms with E-state index in [2.05, 4.69) is 25.5 Å². The summed E-state index contributed by atoms with van der Waals surface area (Å²) in [6.45, 7) is 3.58. The van der Waals surface area contributed by atoms with Gasteiger partial charge in [0.15, 0.2) is 16.6 Å². The van der Waals surface area contributed by atoms with Crippen molar-refractivity contribution in [3.63, 3.8) is 0 Å². The molecule has 34 heavy (non-hydrogen) atoms. The van der Waals surface area contributed by atoms with Gasteiger partial charge in [0.1, 0.15) is 10.8 Å². The molecule has 9 nitrogen and oxygen atoms in total. The Labute approximate surface area is 200 Å². The lowest BCUT2D eigenvalue weighted by atomic mass is 10.1. The summed E-state index contributed by atoms with van der Waals surface area (Å²) in [6.07, 6.45) is 2.25. The lowest BCUT2D eigenvalue weighted by Gasteiger charge is -2.16. The molecule has 0 unspecified atom stereocenters. The zero-order valence-electron chi connectivity index (χ0n) is 18.5. The van der Waals surface area contributed by atoms with Crippen LogP contribution in [0, 0.1) is 6.92 Å². The molecule has 0 aliphatic carbocycles. The van der Waals surface area contributed by atoms with Gasteiger partial charge in [-0.05, 0) is 55.3 Å². The van der Waals surface area contributed by atoms with Crippen molar-refractivity contribution in [3.8, 4) is 0 Å². The van der Waals surface area contributed by atoms with Crippen molar-refractivity contribution in [2.24, 2.45) is 4.99 Å². The molecule has 174 valence electrons. The average Bonchev–Trinajstić information content (AvgIpc) is 3.54. The molecule has 1 saturated heterocycles. The molecule has 5 rings (SSSR count). The summed E-state index contributed by atoms with van der Waals surface area (Å²) >= 11 is 1.37. The molecule has 0 spiro atoms. The second kappa shape index (κ2) is 9.30. The Morgan fingerprint density at radius 1 is 1.09 bits per heavy atom. The second-order valence-corrected chi connectivity index (χ2v) is 9.40. The van der Waals surface area contributed by atoms with Gasteiger partial charge in [0.2, 0.25) is 5.91 Å². The average molecular weight is 478 g/mol. The van der Waals surface area contributed by atoms with Gasteiger partial charge >= 0.3 is 0 Å². The number of nitrogens with one attached hydrogen (secondary N) is 2. The third-order valence-electron chi connectivity index (χ3n) is 5.66. The van der Waals surface area contributed by atoms with Gasteiger partial charge in [-0.25, -0.2) is 4.98 Å². The number of rotatable bonds is 5. The van der Waals surface area contributed by atoms with E-state index >= 15 is 0 Å². The SMILES string of the molecule is Cc1nc2cc(NC(=O)c3ccc(NC(=O)C[C@H]4SC(N5CCCC5)=NC4=O)cc3)ccc2o1. The molecular formula is C24H23N5O4S. The minimum Gasteiger partial charge on any atom is -0.441 e. The number of carbonyl (C=O) groups excluding carboxylic acids is 3. The van der Waals surface area contributed by atoms with E-state index in [0.717, 1.165) is 31.1 Å². The molecule has 3 heterocycles. The van der Waals surface area contributed by atoms with Crippen LogP contribution in [0.2, 0.25) is 0 Å². The maximum Gasteiger partial charge on any atom is 0.262 e. The maximum atomic E-state index is 12.6. The van der Waals surface area contributed by atoms with Crippen molar-refractivity contribution in [1.82, 2.24) is 9.88 Å². The number of anilines is 2. The summed E-state index contributed by atoms with van der Waals surface area (Å²) in [5, 5.41) is 5.86. The van der Waals surface area contributed by atoms with E-state index in [-0.39, 0.29) is 24.1 Å². The van der Waals surface area contributed by atoms with E-state index in [1.807, 2.05) is 0 Å². The number of thioether (sulfide) groups is 1. The Hall–Kier alpha value is -3.66. The molecule has 3 amide bonds. The molecule has 2 N–H and O–H groups in total. The van der Waals surface area contributed by atoms with E-state index in [0.29, 0.717) is 33.9 Å². The molecule has 0 bridgehead atoms. The van der Waals surface area contributed by atoms with E-state index in [1.165, 1.54) is 11.8 Å². The van der Waals surface area contributed by atoms with Crippen LogP contribution in [0.4, 0.5) is 11.4 Å².